The molecule has 1 amide bonds. The zero-order valence-corrected chi connectivity index (χ0v) is 11.9. The topological polar surface area (TPSA) is 32.3 Å². The molecule has 3 nitrogen and oxygen atoms in total. The highest BCUT2D eigenvalue weighted by atomic mass is 19.1. The monoisotopic (exact) mass is 284 g/mol. The third kappa shape index (κ3) is 2.61. The Labute approximate surface area is 123 Å². The Bertz CT molecular complexity index is 684. The SMILES string of the molecule is CCN(C(=O)c1ccc2c(c1)CCN2)c1cccc(F)c1. The molecule has 0 radical (unpaired) electrons. The van der Waals surface area contributed by atoms with Crippen molar-refractivity contribution in [1.82, 2.24) is 0 Å². The lowest BCUT2D eigenvalue weighted by Crippen LogP contribution is -2.30. The van der Waals surface area contributed by atoms with Gasteiger partial charge >= 0.3 is 0 Å². The summed E-state index contributed by atoms with van der Waals surface area (Å²) in [5, 5.41) is 3.27. The number of carbonyl (C=O) groups excluding carboxylic acids is 1. The van der Waals surface area contributed by atoms with E-state index in [1.165, 1.54) is 12.1 Å². The van der Waals surface area contributed by atoms with Crippen molar-refractivity contribution in [3.63, 3.8) is 0 Å². The lowest BCUT2D eigenvalue weighted by molar-refractivity contribution is 0.0988. The molecular formula is C17H17FN2O. The van der Waals surface area contributed by atoms with Gasteiger partial charge in [0.05, 0.1) is 0 Å². The summed E-state index contributed by atoms with van der Waals surface area (Å²) in [6.45, 7) is 3.30. The molecule has 0 fully saturated rings. The van der Waals surface area contributed by atoms with Crippen molar-refractivity contribution in [2.75, 3.05) is 23.3 Å². The van der Waals surface area contributed by atoms with Crippen molar-refractivity contribution < 1.29 is 9.18 Å². The van der Waals surface area contributed by atoms with Crippen LogP contribution in [0.15, 0.2) is 42.5 Å². The van der Waals surface area contributed by atoms with E-state index in [9.17, 15) is 9.18 Å². The van der Waals surface area contributed by atoms with E-state index in [-0.39, 0.29) is 11.7 Å². The van der Waals surface area contributed by atoms with Gasteiger partial charge in [0.15, 0.2) is 0 Å². The molecule has 108 valence electrons. The number of halogens is 1. The van der Waals surface area contributed by atoms with Gasteiger partial charge in [0.1, 0.15) is 5.82 Å². The van der Waals surface area contributed by atoms with E-state index in [4.69, 9.17) is 0 Å². The summed E-state index contributed by atoms with van der Waals surface area (Å²) in [5.74, 6) is -0.435. The van der Waals surface area contributed by atoms with Gasteiger partial charge in [-0.2, -0.15) is 0 Å². The van der Waals surface area contributed by atoms with Gasteiger partial charge in [0.25, 0.3) is 5.91 Å². The molecule has 2 aromatic carbocycles. The number of benzene rings is 2. The Hall–Kier alpha value is -2.36. The Morgan fingerprint density at radius 3 is 2.90 bits per heavy atom. The third-order valence-electron chi connectivity index (χ3n) is 3.74. The summed E-state index contributed by atoms with van der Waals surface area (Å²) in [6.07, 6.45) is 0.933. The van der Waals surface area contributed by atoms with Crippen LogP contribution in [0, 0.1) is 5.82 Å². The first-order valence-corrected chi connectivity index (χ1v) is 7.13. The minimum atomic E-state index is -0.336. The number of fused-ring (bicyclic) bond motifs is 1. The van der Waals surface area contributed by atoms with Crippen LogP contribution in [-0.2, 0) is 6.42 Å². The molecule has 1 aliphatic heterocycles. The van der Waals surface area contributed by atoms with Crippen molar-refractivity contribution in [3.05, 3.63) is 59.4 Å². The second-order valence-electron chi connectivity index (χ2n) is 5.08. The predicted molar refractivity (Wildman–Crippen MR) is 82.4 cm³/mol. The van der Waals surface area contributed by atoms with Gasteiger partial charge in [-0.3, -0.25) is 4.79 Å². The molecule has 0 unspecified atom stereocenters. The average Bonchev–Trinajstić information content (AvgIpc) is 2.95. The van der Waals surface area contributed by atoms with E-state index in [2.05, 4.69) is 5.32 Å². The first kappa shape index (κ1) is 13.6. The van der Waals surface area contributed by atoms with E-state index in [1.807, 2.05) is 25.1 Å². The summed E-state index contributed by atoms with van der Waals surface area (Å²) >= 11 is 0. The summed E-state index contributed by atoms with van der Waals surface area (Å²) in [6, 6.07) is 11.8. The Morgan fingerprint density at radius 1 is 1.29 bits per heavy atom. The quantitative estimate of drug-likeness (QED) is 0.936. The third-order valence-corrected chi connectivity index (χ3v) is 3.74. The Balaban J connectivity index is 1.92. The zero-order chi connectivity index (χ0) is 14.8. The van der Waals surface area contributed by atoms with Crippen molar-refractivity contribution in [3.8, 4) is 0 Å². The first-order valence-electron chi connectivity index (χ1n) is 7.13. The maximum absolute atomic E-state index is 13.4. The van der Waals surface area contributed by atoms with Gasteiger partial charge in [-0.25, -0.2) is 4.39 Å². The van der Waals surface area contributed by atoms with Crippen LogP contribution in [0.2, 0.25) is 0 Å². The van der Waals surface area contributed by atoms with Crippen molar-refractivity contribution in [2.24, 2.45) is 0 Å². The predicted octanol–water partition coefficient (Wildman–Crippen LogP) is 3.46. The molecule has 1 aliphatic rings. The molecule has 0 aromatic heterocycles. The molecule has 0 aliphatic carbocycles. The Morgan fingerprint density at radius 2 is 2.14 bits per heavy atom. The molecule has 1 N–H and O–H groups in total. The van der Waals surface area contributed by atoms with Crippen molar-refractivity contribution >= 4 is 17.3 Å². The summed E-state index contributed by atoms with van der Waals surface area (Å²) < 4.78 is 13.4. The second-order valence-corrected chi connectivity index (χ2v) is 5.08. The number of amides is 1. The Kier molecular flexibility index (Phi) is 3.60. The van der Waals surface area contributed by atoms with Gasteiger partial charge in [-0.15, -0.1) is 0 Å². The number of hydrogen-bond acceptors (Lipinski definition) is 2. The highest BCUT2D eigenvalue weighted by Gasteiger charge is 2.19. The minimum absolute atomic E-state index is 0.0993. The maximum atomic E-state index is 13.4. The standard InChI is InChI=1S/C17H17FN2O/c1-2-20(15-5-3-4-14(18)11-15)17(21)13-6-7-16-12(10-13)8-9-19-16/h3-7,10-11,19H,2,8-9H2,1H3. The summed E-state index contributed by atoms with van der Waals surface area (Å²) in [5.41, 5.74) is 3.49. The molecule has 0 atom stereocenters. The van der Waals surface area contributed by atoms with Gasteiger partial charge in [0, 0.05) is 30.0 Å². The van der Waals surface area contributed by atoms with E-state index in [0.29, 0.717) is 17.8 Å². The van der Waals surface area contributed by atoms with Crippen molar-refractivity contribution in [2.45, 2.75) is 13.3 Å². The van der Waals surface area contributed by atoms with E-state index >= 15 is 0 Å². The van der Waals surface area contributed by atoms with Gasteiger partial charge in [-0.05, 0) is 55.3 Å². The summed E-state index contributed by atoms with van der Waals surface area (Å²) in [4.78, 5) is 14.3. The van der Waals surface area contributed by atoms with Crippen LogP contribution < -0.4 is 10.2 Å². The molecular weight excluding hydrogens is 267 g/mol. The number of anilines is 2. The molecule has 0 saturated heterocycles. The van der Waals surface area contributed by atoms with E-state index in [1.54, 1.807) is 17.0 Å². The number of rotatable bonds is 3. The molecule has 1 heterocycles. The minimum Gasteiger partial charge on any atom is -0.384 e. The highest BCUT2D eigenvalue weighted by Crippen LogP contribution is 2.25. The second kappa shape index (κ2) is 5.56. The van der Waals surface area contributed by atoms with Crippen LogP contribution in [0.5, 0.6) is 0 Å². The summed E-state index contributed by atoms with van der Waals surface area (Å²) in [7, 11) is 0. The molecule has 2 aromatic rings. The zero-order valence-electron chi connectivity index (χ0n) is 11.9. The molecule has 21 heavy (non-hydrogen) atoms. The molecule has 0 saturated carbocycles. The number of carbonyl (C=O) groups is 1. The molecule has 0 bridgehead atoms. The van der Waals surface area contributed by atoms with Crippen LogP contribution in [0.3, 0.4) is 0 Å². The molecule has 3 rings (SSSR count). The van der Waals surface area contributed by atoms with Crippen LogP contribution in [0.1, 0.15) is 22.8 Å². The first-order chi connectivity index (χ1) is 10.2. The lowest BCUT2D eigenvalue weighted by Gasteiger charge is -2.21. The van der Waals surface area contributed by atoms with E-state index in [0.717, 1.165) is 24.2 Å². The van der Waals surface area contributed by atoms with Crippen LogP contribution in [0.4, 0.5) is 15.8 Å². The van der Waals surface area contributed by atoms with Crippen LogP contribution in [-0.4, -0.2) is 19.0 Å². The van der Waals surface area contributed by atoms with Gasteiger partial charge < -0.3 is 10.2 Å². The fraction of sp³-hybridized carbons (Fsp3) is 0.235. The lowest BCUT2D eigenvalue weighted by atomic mass is 10.1. The number of hydrogen-bond donors (Lipinski definition) is 1. The smallest absolute Gasteiger partial charge is 0.258 e. The van der Waals surface area contributed by atoms with Crippen LogP contribution >= 0.6 is 0 Å². The number of nitrogens with zero attached hydrogens (tertiary/aromatic N) is 1. The highest BCUT2D eigenvalue weighted by molar-refractivity contribution is 6.06. The number of nitrogens with one attached hydrogen (secondary N) is 1. The normalized spacial score (nSPS) is 12.7. The maximum Gasteiger partial charge on any atom is 0.258 e. The largest absolute Gasteiger partial charge is 0.384 e. The average molecular weight is 284 g/mol. The molecule has 4 heteroatoms. The van der Waals surface area contributed by atoms with Gasteiger partial charge in [-0.1, -0.05) is 6.07 Å². The van der Waals surface area contributed by atoms with E-state index < -0.39 is 0 Å². The molecule has 0 spiro atoms. The van der Waals surface area contributed by atoms with Gasteiger partial charge in [0.2, 0.25) is 0 Å². The van der Waals surface area contributed by atoms with Crippen molar-refractivity contribution in [1.29, 1.82) is 0 Å². The fourth-order valence-electron chi connectivity index (χ4n) is 2.68. The fourth-order valence-corrected chi connectivity index (χ4v) is 2.68. The van der Waals surface area contributed by atoms with Crippen LogP contribution in [0.25, 0.3) is 0 Å².